The van der Waals surface area contributed by atoms with Crippen LogP contribution in [0.2, 0.25) is 0 Å². The maximum absolute atomic E-state index is 11.6. The molecule has 0 spiro atoms. The summed E-state index contributed by atoms with van der Waals surface area (Å²) in [6.07, 6.45) is -0.183. The number of carbonyl (C=O) groups is 1. The molecule has 0 saturated carbocycles. The van der Waals surface area contributed by atoms with Crippen molar-refractivity contribution in [3.63, 3.8) is 0 Å². The molecule has 0 aliphatic carbocycles. The number of nitrogens with zero attached hydrogens (tertiary/aromatic N) is 1. The van der Waals surface area contributed by atoms with Crippen LogP contribution in [0.4, 0.5) is 0 Å². The molecule has 0 bridgehead atoms. The zero-order valence-corrected chi connectivity index (χ0v) is 8.26. The van der Waals surface area contributed by atoms with Crippen LogP contribution in [-0.4, -0.2) is 40.2 Å². The fraction of sp³-hybridized carbons (Fsp3) is 0.364. The lowest BCUT2D eigenvalue weighted by Gasteiger charge is -2.35. The van der Waals surface area contributed by atoms with Crippen LogP contribution in [0.5, 0.6) is 5.75 Å². The van der Waals surface area contributed by atoms with E-state index in [2.05, 4.69) is 0 Å². The number of rotatable bonds is 2. The van der Waals surface area contributed by atoms with Crippen molar-refractivity contribution in [3.05, 3.63) is 29.8 Å². The molecular formula is C11H13NO3. The molecule has 1 aromatic carbocycles. The number of benzene rings is 1. The maximum atomic E-state index is 11.6. The summed E-state index contributed by atoms with van der Waals surface area (Å²) in [6.45, 7) is 0.818. The van der Waals surface area contributed by atoms with Crippen LogP contribution in [0.15, 0.2) is 24.3 Å². The number of aromatic hydroxyl groups is 1. The van der Waals surface area contributed by atoms with E-state index in [0.717, 1.165) is 0 Å². The molecule has 4 heteroatoms. The topological polar surface area (TPSA) is 60.8 Å². The molecule has 1 fully saturated rings. The average molecular weight is 207 g/mol. The molecule has 2 rings (SSSR count). The van der Waals surface area contributed by atoms with E-state index in [1.165, 1.54) is 0 Å². The lowest BCUT2D eigenvalue weighted by Crippen LogP contribution is -2.53. The Hall–Kier alpha value is -1.55. The molecule has 0 atom stereocenters. The number of phenols is 1. The SMILES string of the molecule is O=C(Cc1ccccc1O)N1CC(O)C1. The lowest BCUT2D eigenvalue weighted by molar-refractivity contribution is -0.140. The number of amides is 1. The molecule has 1 aliphatic heterocycles. The first-order chi connectivity index (χ1) is 7.16. The Morgan fingerprint density at radius 3 is 2.67 bits per heavy atom. The Balaban J connectivity index is 1.97. The van der Waals surface area contributed by atoms with E-state index in [9.17, 15) is 9.90 Å². The molecule has 0 unspecified atom stereocenters. The molecule has 1 saturated heterocycles. The van der Waals surface area contributed by atoms with Crippen LogP contribution in [0, 0.1) is 0 Å². The molecule has 0 aromatic heterocycles. The molecule has 1 amide bonds. The zero-order chi connectivity index (χ0) is 10.8. The van der Waals surface area contributed by atoms with Crippen molar-refractivity contribution in [3.8, 4) is 5.75 Å². The monoisotopic (exact) mass is 207 g/mol. The second-order valence-electron chi connectivity index (χ2n) is 3.76. The Kier molecular flexibility index (Phi) is 2.60. The summed E-state index contributed by atoms with van der Waals surface area (Å²) in [5, 5.41) is 18.5. The van der Waals surface area contributed by atoms with Gasteiger partial charge < -0.3 is 15.1 Å². The highest BCUT2D eigenvalue weighted by Crippen LogP contribution is 2.18. The Morgan fingerprint density at radius 1 is 1.40 bits per heavy atom. The van der Waals surface area contributed by atoms with Crippen LogP contribution >= 0.6 is 0 Å². The zero-order valence-electron chi connectivity index (χ0n) is 8.26. The van der Waals surface area contributed by atoms with Crippen LogP contribution in [0.1, 0.15) is 5.56 Å². The number of para-hydroxylation sites is 1. The van der Waals surface area contributed by atoms with Gasteiger partial charge in [-0.2, -0.15) is 0 Å². The van der Waals surface area contributed by atoms with E-state index in [-0.39, 0.29) is 24.2 Å². The first-order valence-corrected chi connectivity index (χ1v) is 4.89. The van der Waals surface area contributed by atoms with Gasteiger partial charge in [-0.15, -0.1) is 0 Å². The van der Waals surface area contributed by atoms with Crippen molar-refractivity contribution in [1.82, 2.24) is 4.90 Å². The second kappa shape index (κ2) is 3.90. The molecule has 1 heterocycles. The number of hydrogen-bond acceptors (Lipinski definition) is 3. The number of β-amino-alcohol motifs (C(OH)–C–C–N with tert-alkyl or cyclic N) is 1. The molecule has 2 N–H and O–H groups in total. The lowest BCUT2D eigenvalue weighted by atomic mass is 10.1. The van der Waals surface area contributed by atoms with Gasteiger partial charge in [0, 0.05) is 18.7 Å². The predicted octanol–water partition coefficient (Wildman–Crippen LogP) is 0.138. The summed E-state index contributed by atoms with van der Waals surface area (Å²) in [5.41, 5.74) is 0.629. The van der Waals surface area contributed by atoms with Gasteiger partial charge in [-0.1, -0.05) is 18.2 Å². The van der Waals surface area contributed by atoms with Crippen molar-refractivity contribution >= 4 is 5.91 Å². The van der Waals surface area contributed by atoms with Crippen LogP contribution in [0.25, 0.3) is 0 Å². The van der Waals surface area contributed by atoms with Gasteiger partial charge >= 0.3 is 0 Å². The molecule has 0 radical (unpaired) electrons. The summed E-state index contributed by atoms with van der Waals surface area (Å²) >= 11 is 0. The Morgan fingerprint density at radius 2 is 2.07 bits per heavy atom. The van der Waals surface area contributed by atoms with Gasteiger partial charge in [0.1, 0.15) is 5.75 Å². The van der Waals surface area contributed by atoms with Crippen molar-refractivity contribution in [1.29, 1.82) is 0 Å². The number of aliphatic hydroxyl groups excluding tert-OH is 1. The number of phenolic OH excluding ortho intramolecular Hbond substituents is 1. The van der Waals surface area contributed by atoms with Crippen LogP contribution in [0.3, 0.4) is 0 Å². The third-order valence-electron chi connectivity index (χ3n) is 2.55. The minimum Gasteiger partial charge on any atom is -0.508 e. The fourth-order valence-corrected chi connectivity index (χ4v) is 1.59. The van der Waals surface area contributed by atoms with Gasteiger partial charge in [0.05, 0.1) is 12.5 Å². The van der Waals surface area contributed by atoms with Gasteiger partial charge in [-0.3, -0.25) is 4.79 Å². The molecule has 15 heavy (non-hydrogen) atoms. The average Bonchev–Trinajstić information content (AvgIpc) is 2.17. The van der Waals surface area contributed by atoms with Crippen molar-refractivity contribution in [2.45, 2.75) is 12.5 Å². The number of hydrogen-bond donors (Lipinski definition) is 2. The van der Waals surface area contributed by atoms with E-state index >= 15 is 0 Å². The van der Waals surface area contributed by atoms with E-state index in [4.69, 9.17) is 5.11 Å². The summed E-state index contributed by atoms with van der Waals surface area (Å²) in [5.74, 6) is 0.0914. The van der Waals surface area contributed by atoms with Gasteiger partial charge in [0.15, 0.2) is 0 Å². The highest BCUT2D eigenvalue weighted by atomic mass is 16.3. The first-order valence-electron chi connectivity index (χ1n) is 4.89. The quantitative estimate of drug-likeness (QED) is 0.725. The van der Waals surface area contributed by atoms with E-state index < -0.39 is 0 Å². The van der Waals surface area contributed by atoms with Gasteiger partial charge in [0.2, 0.25) is 5.91 Å². The van der Waals surface area contributed by atoms with Crippen molar-refractivity contribution in [2.24, 2.45) is 0 Å². The first kappa shape index (κ1) is 9.98. The molecular weight excluding hydrogens is 194 g/mol. The summed E-state index contributed by atoms with van der Waals surface area (Å²) < 4.78 is 0. The standard InChI is InChI=1S/C11H13NO3/c13-9-6-12(7-9)11(15)5-8-3-1-2-4-10(8)14/h1-4,9,13-14H,5-7H2. The minimum atomic E-state index is -0.377. The fourth-order valence-electron chi connectivity index (χ4n) is 1.59. The normalized spacial score (nSPS) is 16.2. The Labute approximate surface area is 87.8 Å². The second-order valence-corrected chi connectivity index (χ2v) is 3.76. The van der Waals surface area contributed by atoms with Crippen LogP contribution in [-0.2, 0) is 11.2 Å². The highest BCUT2D eigenvalue weighted by Gasteiger charge is 2.28. The van der Waals surface area contributed by atoms with Gasteiger partial charge in [-0.25, -0.2) is 0 Å². The predicted molar refractivity (Wildman–Crippen MR) is 54.4 cm³/mol. The number of aliphatic hydroxyl groups is 1. The Bertz CT molecular complexity index is 372. The van der Waals surface area contributed by atoms with Crippen molar-refractivity contribution < 1.29 is 15.0 Å². The van der Waals surface area contributed by atoms with Gasteiger partial charge in [-0.05, 0) is 6.07 Å². The van der Waals surface area contributed by atoms with E-state index in [1.807, 2.05) is 0 Å². The third kappa shape index (κ3) is 2.10. The summed E-state index contributed by atoms with van der Waals surface area (Å²) in [7, 11) is 0. The van der Waals surface area contributed by atoms with Gasteiger partial charge in [0.25, 0.3) is 0 Å². The molecule has 80 valence electrons. The van der Waals surface area contributed by atoms with Crippen molar-refractivity contribution in [2.75, 3.05) is 13.1 Å². The third-order valence-corrected chi connectivity index (χ3v) is 2.55. The smallest absolute Gasteiger partial charge is 0.227 e. The molecule has 1 aromatic rings. The number of likely N-dealkylation sites (tertiary alicyclic amines) is 1. The minimum absolute atomic E-state index is 0.0539. The highest BCUT2D eigenvalue weighted by molar-refractivity contribution is 5.80. The summed E-state index contributed by atoms with van der Waals surface area (Å²) in [6, 6.07) is 6.79. The maximum Gasteiger partial charge on any atom is 0.227 e. The van der Waals surface area contributed by atoms with Crippen LogP contribution < -0.4 is 0 Å². The summed E-state index contributed by atoms with van der Waals surface area (Å²) in [4.78, 5) is 13.2. The van der Waals surface area contributed by atoms with E-state index in [0.29, 0.717) is 18.7 Å². The molecule has 4 nitrogen and oxygen atoms in total. The largest absolute Gasteiger partial charge is 0.508 e. The van der Waals surface area contributed by atoms with E-state index in [1.54, 1.807) is 29.2 Å². The molecule has 1 aliphatic rings. The number of carbonyl (C=O) groups excluding carboxylic acids is 1.